The van der Waals surface area contributed by atoms with Gasteiger partial charge in [0.25, 0.3) is 5.97 Å². The van der Waals surface area contributed by atoms with Gasteiger partial charge in [-0.3, -0.25) is 0 Å². The van der Waals surface area contributed by atoms with E-state index < -0.39 is 74.0 Å². The molecule has 10 atom stereocenters. The maximum atomic E-state index is 10.4. The molecule has 3 rings (SSSR count). The highest BCUT2D eigenvalue weighted by molar-refractivity contribution is 4.99. The highest BCUT2D eigenvalue weighted by atomic mass is 16.9. The van der Waals surface area contributed by atoms with Crippen molar-refractivity contribution in [2.75, 3.05) is 26.9 Å². The molecule has 27 heavy (non-hydrogen) atoms. The molecule has 3 saturated heterocycles. The number of aliphatic hydroxyl groups is 6. The van der Waals surface area contributed by atoms with Crippen LogP contribution in [-0.2, 0) is 28.4 Å². The summed E-state index contributed by atoms with van der Waals surface area (Å²) in [5.74, 6) is -3.59. The molecule has 158 valence electrons. The van der Waals surface area contributed by atoms with Crippen molar-refractivity contribution < 1.29 is 59.1 Å². The summed E-state index contributed by atoms with van der Waals surface area (Å²) < 4.78 is 32.3. The first-order valence-electron chi connectivity index (χ1n) is 8.52. The Morgan fingerprint density at radius 1 is 1.04 bits per heavy atom. The van der Waals surface area contributed by atoms with Crippen LogP contribution in [0.1, 0.15) is 6.92 Å². The third kappa shape index (κ3) is 3.61. The van der Waals surface area contributed by atoms with Crippen molar-refractivity contribution in [3.8, 4) is 0 Å². The summed E-state index contributed by atoms with van der Waals surface area (Å²) in [5.41, 5.74) is 0. The van der Waals surface area contributed by atoms with Gasteiger partial charge in [0.05, 0.1) is 13.2 Å². The van der Waals surface area contributed by atoms with Crippen LogP contribution >= 0.6 is 0 Å². The molecule has 12 heteroatoms. The largest absolute Gasteiger partial charge is 0.394 e. The minimum Gasteiger partial charge on any atom is -0.394 e. The van der Waals surface area contributed by atoms with Gasteiger partial charge >= 0.3 is 0 Å². The Morgan fingerprint density at radius 2 is 1.74 bits per heavy atom. The molecule has 0 spiro atoms. The Hall–Kier alpha value is -0.480. The van der Waals surface area contributed by atoms with Crippen LogP contribution in [0.5, 0.6) is 0 Å². The smallest absolute Gasteiger partial charge is 0.280 e. The fourth-order valence-electron chi connectivity index (χ4n) is 3.37. The van der Waals surface area contributed by atoms with Crippen molar-refractivity contribution in [3.05, 3.63) is 0 Å². The van der Waals surface area contributed by atoms with Crippen LogP contribution in [0.3, 0.4) is 0 Å². The first-order chi connectivity index (χ1) is 12.7. The van der Waals surface area contributed by atoms with Gasteiger partial charge in [0.2, 0.25) is 5.79 Å². The SMILES string of the molecule is CO[C@]1(C)OC[C@@H]2O[C@H](O[C@]3(CO)O[C@H](CO)[C@H](O)[C@H]3O)[C@H](O)[C@@H](O)[C@@H]2O1. The van der Waals surface area contributed by atoms with Gasteiger partial charge < -0.3 is 59.1 Å². The van der Waals surface area contributed by atoms with E-state index in [9.17, 15) is 30.6 Å². The summed E-state index contributed by atoms with van der Waals surface area (Å²) in [7, 11) is 1.35. The van der Waals surface area contributed by atoms with E-state index in [1.807, 2.05) is 0 Å². The van der Waals surface area contributed by atoms with E-state index in [1.165, 1.54) is 14.0 Å². The zero-order valence-electron chi connectivity index (χ0n) is 14.9. The van der Waals surface area contributed by atoms with E-state index in [0.29, 0.717) is 0 Å². The van der Waals surface area contributed by atoms with Gasteiger partial charge in [-0.05, 0) is 0 Å². The van der Waals surface area contributed by atoms with Crippen LogP contribution in [0.25, 0.3) is 0 Å². The number of fused-ring (bicyclic) bond motifs is 1. The van der Waals surface area contributed by atoms with Crippen molar-refractivity contribution in [2.45, 2.75) is 67.7 Å². The summed E-state index contributed by atoms with van der Waals surface area (Å²) in [6, 6.07) is 0. The third-order valence-corrected chi connectivity index (χ3v) is 5.09. The predicted octanol–water partition coefficient (Wildman–Crippen LogP) is -4.01. The molecule has 3 aliphatic rings. The second-order valence-corrected chi connectivity index (χ2v) is 6.85. The summed E-state index contributed by atoms with van der Waals surface area (Å²) in [6.45, 7) is -0.115. The van der Waals surface area contributed by atoms with Gasteiger partial charge in [-0.2, -0.15) is 0 Å². The Balaban J connectivity index is 1.75. The highest BCUT2D eigenvalue weighted by Crippen LogP contribution is 2.38. The number of aliphatic hydroxyl groups excluding tert-OH is 6. The van der Waals surface area contributed by atoms with Gasteiger partial charge in [0.1, 0.15) is 49.3 Å². The van der Waals surface area contributed by atoms with Gasteiger partial charge in [0, 0.05) is 14.0 Å². The summed E-state index contributed by atoms with van der Waals surface area (Å²) in [5, 5.41) is 59.8. The van der Waals surface area contributed by atoms with E-state index in [1.54, 1.807) is 0 Å². The molecule has 0 unspecified atom stereocenters. The predicted molar refractivity (Wildman–Crippen MR) is 81.8 cm³/mol. The average molecular weight is 398 g/mol. The van der Waals surface area contributed by atoms with Gasteiger partial charge in [-0.15, -0.1) is 0 Å². The number of methoxy groups -OCH3 is 1. The molecule has 3 fully saturated rings. The standard InChI is InChI=1S/C15H26O12/c1-14(22-2)23-4-7-11(26-14)9(19)10(20)13(24-7)27-15(5-17)12(21)8(18)6(3-16)25-15/h6-13,16-21H,3-5H2,1-2H3/t6-,7+,8+,9-,10-,11-,12-,13-,14-,15+/m1/s1. The molecule has 0 saturated carbocycles. The Morgan fingerprint density at radius 3 is 2.30 bits per heavy atom. The van der Waals surface area contributed by atoms with Crippen molar-refractivity contribution in [1.82, 2.24) is 0 Å². The lowest BCUT2D eigenvalue weighted by Crippen LogP contribution is -2.67. The van der Waals surface area contributed by atoms with Crippen molar-refractivity contribution >= 4 is 0 Å². The minimum absolute atomic E-state index is 0.0595. The average Bonchev–Trinajstić information content (AvgIpc) is 2.91. The van der Waals surface area contributed by atoms with Crippen LogP contribution in [0.2, 0.25) is 0 Å². The van der Waals surface area contributed by atoms with Gasteiger partial charge in [-0.1, -0.05) is 0 Å². The Bertz CT molecular complexity index is 519. The van der Waals surface area contributed by atoms with Crippen LogP contribution in [0.15, 0.2) is 0 Å². The van der Waals surface area contributed by atoms with E-state index in [-0.39, 0.29) is 6.61 Å². The van der Waals surface area contributed by atoms with Crippen molar-refractivity contribution in [2.24, 2.45) is 0 Å². The van der Waals surface area contributed by atoms with Crippen LogP contribution in [0.4, 0.5) is 0 Å². The lowest BCUT2D eigenvalue weighted by atomic mass is 9.97. The fourth-order valence-corrected chi connectivity index (χ4v) is 3.37. The van der Waals surface area contributed by atoms with Crippen LogP contribution < -0.4 is 0 Å². The van der Waals surface area contributed by atoms with E-state index in [0.717, 1.165) is 0 Å². The van der Waals surface area contributed by atoms with E-state index >= 15 is 0 Å². The molecule has 3 aliphatic heterocycles. The maximum Gasteiger partial charge on any atom is 0.280 e. The van der Waals surface area contributed by atoms with E-state index in [4.69, 9.17) is 28.4 Å². The Labute approximate surface area is 154 Å². The molecule has 3 heterocycles. The molecule has 0 aliphatic carbocycles. The molecule has 12 nitrogen and oxygen atoms in total. The number of hydrogen-bond donors (Lipinski definition) is 6. The zero-order valence-corrected chi connectivity index (χ0v) is 14.9. The van der Waals surface area contributed by atoms with Crippen molar-refractivity contribution in [1.29, 1.82) is 0 Å². The molecule has 0 bridgehead atoms. The second kappa shape index (κ2) is 7.74. The normalized spacial score (nSPS) is 53.3. The first kappa shape index (κ1) is 21.2. The zero-order chi connectivity index (χ0) is 20.0. The molecule has 0 radical (unpaired) electrons. The molecule has 6 N–H and O–H groups in total. The Kier molecular flexibility index (Phi) is 6.09. The summed E-state index contributed by atoms with van der Waals surface area (Å²) in [6.07, 6.45) is -11.0. The lowest BCUT2D eigenvalue weighted by molar-refractivity contribution is -0.459. The molecule has 0 aromatic carbocycles. The quantitative estimate of drug-likeness (QED) is 0.265. The van der Waals surface area contributed by atoms with Crippen LogP contribution in [0, 0.1) is 0 Å². The van der Waals surface area contributed by atoms with Crippen molar-refractivity contribution in [3.63, 3.8) is 0 Å². The first-order valence-corrected chi connectivity index (χ1v) is 8.52. The maximum absolute atomic E-state index is 10.4. The third-order valence-electron chi connectivity index (χ3n) is 5.09. The molecule has 0 amide bonds. The van der Waals surface area contributed by atoms with Gasteiger partial charge in [0.15, 0.2) is 6.29 Å². The molecular formula is C15H26O12. The lowest BCUT2D eigenvalue weighted by Gasteiger charge is -2.49. The monoisotopic (exact) mass is 398 g/mol. The minimum atomic E-state index is -2.16. The molecule has 0 aromatic rings. The molecule has 0 aromatic heterocycles. The summed E-state index contributed by atoms with van der Waals surface area (Å²) >= 11 is 0. The second-order valence-electron chi connectivity index (χ2n) is 6.85. The fraction of sp³-hybridized carbons (Fsp3) is 1.00. The highest BCUT2D eigenvalue weighted by Gasteiger charge is 2.59. The number of rotatable bonds is 5. The van der Waals surface area contributed by atoms with E-state index in [2.05, 4.69) is 0 Å². The number of ether oxygens (including phenoxy) is 6. The van der Waals surface area contributed by atoms with Crippen LogP contribution in [-0.4, -0.2) is 118 Å². The molecular weight excluding hydrogens is 372 g/mol. The van der Waals surface area contributed by atoms with Gasteiger partial charge in [-0.25, -0.2) is 0 Å². The number of hydrogen-bond acceptors (Lipinski definition) is 12. The summed E-state index contributed by atoms with van der Waals surface area (Å²) in [4.78, 5) is 0. The topological polar surface area (TPSA) is 177 Å².